The summed E-state index contributed by atoms with van der Waals surface area (Å²) >= 11 is 3.66. The van der Waals surface area contributed by atoms with Crippen molar-refractivity contribution in [3.63, 3.8) is 0 Å². The zero-order chi connectivity index (χ0) is 14.6. The van der Waals surface area contributed by atoms with Crippen LogP contribution in [0.1, 0.15) is 12.8 Å². The summed E-state index contributed by atoms with van der Waals surface area (Å²) in [4.78, 5) is 12.5. The molecule has 1 spiro atoms. The molecule has 0 aromatic rings. The molecule has 0 radical (unpaired) electrons. The number of nitrogens with zero attached hydrogens (tertiary/aromatic N) is 1. The number of carbonyl (C=O) groups excluding carboxylic acids is 1. The van der Waals surface area contributed by atoms with Crippen molar-refractivity contribution in [2.45, 2.75) is 24.9 Å². The van der Waals surface area contributed by atoms with Crippen LogP contribution in [0.3, 0.4) is 0 Å². The molecule has 4 aliphatic rings. The quantitative estimate of drug-likeness (QED) is 0.523. The summed E-state index contributed by atoms with van der Waals surface area (Å²) in [7, 11) is 0. The second-order valence-corrected chi connectivity index (χ2v) is 6.46. The van der Waals surface area contributed by atoms with Crippen molar-refractivity contribution in [2.75, 3.05) is 0 Å². The molecule has 1 saturated heterocycles. The number of halogens is 1. The van der Waals surface area contributed by atoms with E-state index < -0.39 is 11.5 Å². The van der Waals surface area contributed by atoms with Crippen molar-refractivity contribution >= 4 is 21.9 Å². The Kier molecular flexibility index (Phi) is 2.70. The van der Waals surface area contributed by atoms with E-state index in [9.17, 15) is 9.90 Å². The maximum absolute atomic E-state index is 12.5. The molecule has 4 nitrogen and oxygen atoms in total. The lowest BCUT2D eigenvalue weighted by molar-refractivity contribution is -0.122. The van der Waals surface area contributed by atoms with Gasteiger partial charge in [0.05, 0.1) is 27.6 Å². The van der Waals surface area contributed by atoms with E-state index in [2.05, 4.69) is 43.6 Å². The van der Waals surface area contributed by atoms with Gasteiger partial charge >= 0.3 is 0 Å². The second kappa shape index (κ2) is 4.37. The van der Waals surface area contributed by atoms with Crippen LogP contribution in [-0.2, 0) is 4.79 Å². The highest BCUT2D eigenvalue weighted by Crippen LogP contribution is 2.56. The molecule has 4 rings (SSSR count). The molecule has 3 unspecified atom stereocenters. The Morgan fingerprint density at radius 1 is 1.43 bits per heavy atom. The third kappa shape index (κ3) is 1.58. The number of carbonyl (C=O) groups is 1. The first-order valence-electron chi connectivity index (χ1n) is 7.05. The lowest BCUT2D eigenvalue weighted by Gasteiger charge is -2.39. The lowest BCUT2D eigenvalue weighted by atomic mass is 9.67. The van der Waals surface area contributed by atoms with Crippen LogP contribution < -0.4 is 5.32 Å². The van der Waals surface area contributed by atoms with Crippen molar-refractivity contribution < 1.29 is 9.90 Å². The van der Waals surface area contributed by atoms with E-state index in [1.165, 1.54) is 5.57 Å². The molecule has 1 fully saturated rings. The highest BCUT2D eigenvalue weighted by atomic mass is 79.9. The van der Waals surface area contributed by atoms with Crippen LogP contribution in [-0.4, -0.2) is 26.9 Å². The zero-order valence-electron chi connectivity index (χ0n) is 11.3. The van der Waals surface area contributed by atoms with Crippen LogP contribution >= 0.6 is 16.1 Å². The number of aliphatic hydroxyl groups excluding tert-OH is 1. The Bertz CT molecular complexity index is 670. The fourth-order valence-corrected chi connectivity index (χ4v) is 4.61. The van der Waals surface area contributed by atoms with E-state index in [4.69, 9.17) is 0 Å². The maximum atomic E-state index is 12.5. The zero-order valence-corrected chi connectivity index (χ0v) is 12.9. The molecule has 0 bridgehead atoms. The van der Waals surface area contributed by atoms with Crippen LogP contribution in [0.25, 0.3) is 0 Å². The number of rotatable bonds is 0. The molecule has 0 amide bonds. The summed E-state index contributed by atoms with van der Waals surface area (Å²) in [5.74, 6) is 0.140. The second-order valence-electron chi connectivity index (χ2n) is 5.70. The minimum absolute atomic E-state index is 0.0410. The fourth-order valence-electron chi connectivity index (χ4n) is 3.81. The topological polar surface area (TPSA) is 52.6 Å². The SMILES string of the molecule is O=C1CC=C2N(Br)C3C=CCC=C3C23C=CC=C(O)NC13. The number of allylic oxidation sites excluding steroid dienone is 5. The normalized spacial score (nSPS) is 36.7. The van der Waals surface area contributed by atoms with Crippen molar-refractivity contribution in [1.29, 1.82) is 0 Å². The molecule has 0 aromatic heterocycles. The van der Waals surface area contributed by atoms with E-state index in [1.54, 1.807) is 6.08 Å². The molecule has 5 heteroatoms. The minimum Gasteiger partial charge on any atom is -0.495 e. The van der Waals surface area contributed by atoms with E-state index in [0.29, 0.717) is 6.42 Å². The van der Waals surface area contributed by atoms with Gasteiger partial charge in [0.15, 0.2) is 11.7 Å². The molecule has 3 atom stereocenters. The Morgan fingerprint density at radius 2 is 2.29 bits per heavy atom. The highest BCUT2D eigenvalue weighted by molar-refractivity contribution is 9.07. The summed E-state index contributed by atoms with van der Waals surface area (Å²) in [6.45, 7) is 0. The number of ketones is 1. The maximum Gasteiger partial charge on any atom is 0.184 e. The third-order valence-electron chi connectivity index (χ3n) is 4.67. The monoisotopic (exact) mass is 346 g/mol. The standard InChI is InChI=1S/C16H15BrN2O2/c17-19-11-5-2-1-4-10(11)16-9-3-6-14(21)18-15(16)12(20)7-8-13(16)19/h2-6,8-9,11,15,18,21H,1,7H2. The Hall–Kier alpha value is -1.75. The van der Waals surface area contributed by atoms with Crippen LogP contribution in [0.4, 0.5) is 0 Å². The predicted molar refractivity (Wildman–Crippen MR) is 83.3 cm³/mol. The average molecular weight is 347 g/mol. The van der Waals surface area contributed by atoms with Gasteiger partial charge in [-0.05, 0) is 18.1 Å². The van der Waals surface area contributed by atoms with Gasteiger partial charge in [0, 0.05) is 12.1 Å². The van der Waals surface area contributed by atoms with E-state index in [-0.39, 0.29) is 17.7 Å². The number of hydrogen-bond acceptors (Lipinski definition) is 4. The van der Waals surface area contributed by atoms with Gasteiger partial charge < -0.3 is 14.3 Å². The molecular formula is C16H15BrN2O2. The number of fused-ring (bicyclic) bond motifs is 1. The van der Waals surface area contributed by atoms with Gasteiger partial charge in [0.1, 0.15) is 6.04 Å². The molecule has 21 heavy (non-hydrogen) atoms. The first-order valence-corrected chi connectivity index (χ1v) is 7.76. The predicted octanol–water partition coefficient (Wildman–Crippen LogP) is 2.64. The summed E-state index contributed by atoms with van der Waals surface area (Å²) in [6, 6.07) is -0.347. The third-order valence-corrected chi connectivity index (χ3v) is 5.49. The number of hydrogen-bond donors (Lipinski definition) is 2. The summed E-state index contributed by atoms with van der Waals surface area (Å²) in [5.41, 5.74) is 1.75. The molecule has 2 heterocycles. The van der Waals surface area contributed by atoms with Gasteiger partial charge in [-0.25, -0.2) is 0 Å². The first kappa shape index (κ1) is 13.0. The summed E-state index contributed by atoms with van der Waals surface area (Å²) < 4.78 is 2.06. The highest BCUT2D eigenvalue weighted by Gasteiger charge is 2.58. The number of nitrogens with one attached hydrogen (secondary N) is 1. The van der Waals surface area contributed by atoms with Gasteiger partial charge in [-0.1, -0.05) is 36.5 Å². The van der Waals surface area contributed by atoms with Crippen molar-refractivity contribution in [3.05, 3.63) is 59.7 Å². The molecule has 2 aliphatic heterocycles. The molecule has 0 saturated carbocycles. The van der Waals surface area contributed by atoms with E-state index >= 15 is 0 Å². The molecule has 2 aliphatic carbocycles. The van der Waals surface area contributed by atoms with Crippen LogP contribution in [0, 0.1) is 5.41 Å². The van der Waals surface area contributed by atoms with Crippen LogP contribution in [0.5, 0.6) is 0 Å². The molecular weight excluding hydrogens is 332 g/mol. The average Bonchev–Trinajstić information content (AvgIpc) is 2.61. The number of Topliss-reactive ketones (excluding diaryl/α,β-unsaturated/α-hetero) is 1. The lowest BCUT2D eigenvalue weighted by Crippen LogP contribution is -2.51. The van der Waals surface area contributed by atoms with Crippen molar-refractivity contribution in [1.82, 2.24) is 9.24 Å². The van der Waals surface area contributed by atoms with E-state index in [1.807, 2.05) is 18.2 Å². The van der Waals surface area contributed by atoms with Gasteiger partial charge in [0.2, 0.25) is 0 Å². The summed E-state index contributed by atoms with van der Waals surface area (Å²) in [6.07, 6.45) is 15.2. The van der Waals surface area contributed by atoms with Gasteiger partial charge in [-0.3, -0.25) is 4.79 Å². The Labute approximate surface area is 131 Å². The van der Waals surface area contributed by atoms with Gasteiger partial charge in [-0.2, -0.15) is 0 Å². The summed E-state index contributed by atoms with van der Waals surface area (Å²) in [5, 5.41) is 12.9. The smallest absolute Gasteiger partial charge is 0.184 e. The molecule has 108 valence electrons. The first-order chi connectivity index (χ1) is 10.1. The Morgan fingerprint density at radius 3 is 3.14 bits per heavy atom. The molecule has 0 aromatic carbocycles. The minimum atomic E-state index is -0.519. The van der Waals surface area contributed by atoms with Crippen molar-refractivity contribution in [3.8, 4) is 0 Å². The van der Waals surface area contributed by atoms with E-state index in [0.717, 1.165) is 12.1 Å². The van der Waals surface area contributed by atoms with Crippen LogP contribution in [0.15, 0.2) is 59.7 Å². The van der Waals surface area contributed by atoms with Crippen molar-refractivity contribution in [2.24, 2.45) is 5.41 Å². The number of aliphatic hydroxyl groups is 1. The Balaban J connectivity index is 1.96. The van der Waals surface area contributed by atoms with Crippen LogP contribution in [0.2, 0.25) is 0 Å². The fraction of sp³-hybridized carbons (Fsp3) is 0.312. The largest absolute Gasteiger partial charge is 0.495 e. The van der Waals surface area contributed by atoms with Gasteiger partial charge in [0.25, 0.3) is 0 Å². The molecule has 2 N–H and O–H groups in total. The van der Waals surface area contributed by atoms with Gasteiger partial charge in [-0.15, -0.1) is 0 Å².